The van der Waals surface area contributed by atoms with Gasteiger partial charge in [-0.15, -0.1) is 0 Å². The molecule has 0 aromatic heterocycles. The van der Waals surface area contributed by atoms with Crippen LogP contribution in [-0.4, -0.2) is 29.2 Å². The number of anilines is 1. The molecule has 0 aliphatic carbocycles. The van der Waals surface area contributed by atoms with Gasteiger partial charge in [-0.2, -0.15) is 0 Å². The van der Waals surface area contributed by atoms with Crippen molar-refractivity contribution in [3.8, 4) is 0 Å². The molecule has 132 valence electrons. The molecular weight excluding hydrogens is 374 g/mol. The van der Waals surface area contributed by atoms with Crippen molar-refractivity contribution >= 4 is 51.0 Å². The summed E-state index contributed by atoms with van der Waals surface area (Å²) in [6, 6.07) is 12.1. The Kier molecular flexibility index (Phi) is 5.11. The highest BCUT2D eigenvalue weighted by atomic mass is 35.5. The van der Waals surface area contributed by atoms with E-state index in [1.54, 1.807) is 12.1 Å². The van der Waals surface area contributed by atoms with Gasteiger partial charge in [0, 0.05) is 31.4 Å². The van der Waals surface area contributed by atoms with Crippen molar-refractivity contribution in [2.45, 2.75) is 0 Å². The lowest BCUT2D eigenvalue weighted by molar-refractivity contribution is -0.384. The van der Waals surface area contributed by atoms with Crippen LogP contribution < -0.4 is 4.90 Å². The van der Waals surface area contributed by atoms with Crippen molar-refractivity contribution in [1.82, 2.24) is 0 Å². The van der Waals surface area contributed by atoms with Crippen LogP contribution in [0.1, 0.15) is 11.1 Å². The number of rotatable bonds is 4. The average Bonchev–Trinajstić information content (AvgIpc) is 2.96. The maximum absolute atomic E-state index is 12.2. The predicted molar refractivity (Wildman–Crippen MR) is 106 cm³/mol. The van der Waals surface area contributed by atoms with Gasteiger partial charge in [-0.3, -0.25) is 14.9 Å². The first kappa shape index (κ1) is 18.2. The molecule has 1 aliphatic rings. The van der Waals surface area contributed by atoms with Crippen LogP contribution in [0.4, 0.5) is 11.4 Å². The van der Waals surface area contributed by atoms with Crippen molar-refractivity contribution in [3.63, 3.8) is 0 Å². The lowest BCUT2D eigenvalue weighted by atomic mass is 10.1. The molecule has 2 aromatic rings. The second-order valence-corrected chi connectivity index (χ2v) is 7.11. The third-order valence-corrected chi connectivity index (χ3v) is 4.96. The molecule has 0 amide bonds. The molecule has 0 bridgehead atoms. The molecule has 0 N–H and O–H groups in total. The predicted octanol–water partition coefficient (Wildman–Crippen LogP) is 4.38. The number of thioether (sulfide) groups is 1. The number of nitro groups is 1. The minimum atomic E-state index is -0.559. The van der Waals surface area contributed by atoms with Crippen LogP contribution in [0.15, 0.2) is 53.2 Å². The van der Waals surface area contributed by atoms with E-state index in [0.29, 0.717) is 16.3 Å². The van der Waals surface area contributed by atoms with Gasteiger partial charge in [0.1, 0.15) is 15.8 Å². The number of nitrogens with zero attached hydrogens (tertiary/aromatic N) is 3. The Hall–Kier alpha value is -2.64. The summed E-state index contributed by atoms with van der Waals surface area (Å²) in [6.45, 7) is 0. The van der Waals surface area contributed by atoms with Crippen LogP contribution in [-0.2, 0) is 4.79 Å². The molecule has 1 heterocycles. The van der Waals surface area contributed by atoms with E-state index >= 15 is 0 Å². The average molecular weight is 388 g/mol. The number of carbonyl (C=O) groups excluding carboxylic acids is 1. The van der Waals surface area contributed by atoms with Gasteiger partial charge in [-0.1, -0.05) is 29.8 Å². The highest BCUT2D eigenvalue weighted by molar-refractivity contribution is 8.27. The summed E-state index contributed by atoms with van der Waals surface area (Å²) in [7, 11) is 3.90. The van der Waals surface area contributed by atoms with Gasteiger partial charge < -0.3 is 4.90 Å². The molecule has 0 saturated carbocycles. The molecule has 0 radical (unpaired) electrons. The van der Waals surface area contributed by atoms with Crippen LogP contribution in [0.25, 0.3) is 6.08 Å². The first-order valence-electron chi connectivity index (χ1n) is 7.59. The molecular formula is C18H14ClN3O3S. The van der Waals surface area contributed by atoms with E-state index in [4.69, 9.17) is 11.6 Å². The summed E-state index contributed by atoms with van der Waals surface area (Å²) in [5.74, 6) is 0. The summed E-state index contributed by atoms with van der Waals surface area (Å²) >= 11 is 6.78. The number of aliphatic imine (C=N–C) groups is 1. The number of nitro benzene ring substituents is 1. The van der Waals surface area contributed by atoms with E-state index in [0.717, 1.165) is 23.0 Å². The molecule has 0 saturated heterocycles. The van der Waals surface area contributed by atoms with E-state index in [-0.39, 0.29) is 15.8 Å². The van der Waals surface area contributed by atoms with Crippen molar-refractivity contribution in [1.29, 1.82) is 0 Å². The number of halogens is 1. The molecule has 3 rings (SSSR count). The topological polar surface area (TPSA) is 75.8 Å². The van der Waals surface area contributed by atoms with Crippen molar-refractivity contribution in [2.75, 3.05) is 19.0 Å². The summed E-state index contributed by atoms with van der Waals surface area (Å²) in [5.41, 5.74) is 2.49. The van der Waals surface area contributed by atoms with Crippen molar-refractivity contribution in [3.05, 3.63) is 74.4 Å². The molecule has 8 heteroatoms. The van der Waals surface area contributed by atoms with E-state index in [9.17, 15) is 14.9 Å². The zero-order valence-electron chi connectivity index (χ0n) is 14.0. The summed E-state index contributed by atoms with van der Waals surface area (Å²) in [4.78, 5) is 29.0. The van der Waals surface area contributed by atoms with Gasteiger partial charge in [-0.25, -0.2) is 4.99 Å². The Labute approximate surface area is 159 Å². The van der Waals surface area contributed by atoms with Crippen molar-refractivity contribution in [2.24, 2.45) is 4.99 Å². The third-order valence-electron chi connectivity index (χ3n) is 3.72. The number of benzene rings is 2. The molecule has 6 nitrogen and oxygen atoms in total. The minimum Gasteiger partial charge on any atom is -0.378 e. The largest absolute Gasteiger partial charge is 0.378 e. The van der Waals surface area contributed by atoms with Crippen LogP contribution >= 0.6 is 23.4 Å². The maximum Gasteiger partial charge on any atom is 0.288 e. The standard InChI is InChI=1S/C18H14ClN3O3S/c1-21(2)13-6-3-11(4-7-13)9-15-18(23)26-17(20-15)12-5-8-14(19)16(10-12)22(24)25/h3-10H,1-2H3/b15-9-. The monoisotopic (exact) mass is 387 g/mol. The zero-order valence-corrected chi connectivity index (χ0v) is 15.5. The highest BCUT2D eigenvalue weighted by Crippen LogP contribution is 2.32. The summed E-state index contributed by atoms with van der Waals surface area (Å²) < 4.78 is 0. The first-order chi connectivity index (χ1) is 12.3. The molecule has 0 spiro atoms. The fourth-order valence-electron chi connectivity index (χ4n) is 2.34. The number of hydrogen-bond acceptors (Lipinski definition) is 6. The van der Waals surface area contributed by atoms with Crippen LogP contribution in [0.2, 0.25) is 5.02 Å². The highest BCUT2D eigenvalue weighted by Gasteiger charge is 2.25. The van der Waals surface area contributed by atoms with Gasteiger partial charge in [0.25, 0.3) is 5.69 Å². The zero-order chi connectivity index (χ0) is 18.8. The fraction of sp³-hybridized carbons (Fsp3) is 0.111. The Morgan fingerprint density at radius 3 is 2.50 bits per heavy atom. The second-order valence-electron chi connectivity index (χ2n) is 5.75. The smallest absolute Gasteiger partial charge is 0.288 e. The molecule has 0 fully saturated rings. The van der Waals surface area contributed by atoms with Crippen molar-refractivity contribution < 1.29 is 9.72 Å². The van der Waals surface area contributed by atoms with Gasteiger partial charge in [0.05, 0.1) is 4.92 Å². The van der Waals surface area contributed by atoms with E-state index < -0.39 is 4.92 Å². The lowest BCUT2D eigenvalue weighted by Crippen LogP contribution is -2.07. The minimum absolute atomic E-state index is 0.0467. The summed E-state index contributed by atoms with van der Waals surface area (Å²) in [5, 5.41) is 11.3. The van der Waals surface area contributed by atoms with Gasteiger partial charge in [0.2, 0.25) is 5.12 Å². The SMILES string of the molecule is CN(C)c1ccc(/C=C2\N=C(c3ccc(Cl)c([N+](=O)[O-])c3)SC2=O)cc1. The molecule has 1 aliphatic heterocycles. The second kappa shape index (κ2) is 7.31. The molecule has 0 unspecified atom stereocenters. The fourth-order valence-corrected chi connectivity index (χ4v) is 3.30. The molecule has 0 atom stereocenters. The Balaban J connectivity index is 1.91. The lowest BCUT2D eigenvalue weighted by Gasteiger charge is -2.11. The first-order valence-corrected chi connectivity index (χ1v) is 8.79. The van der Waals surface area contributed by atoms with Crippen LogP contribution in [0.5, 0.6) is 0 Å². The third kappa shape index (κ3) is 3.79. The Bertz CT molecular complexity index is 953. The van der Waals surface area contributed by atoms with Gasteiger partial charge in [-0.05, 0) is 41.6 Å². The maximum atomic E-state index is 12.2. The Morgan fingerprint density at radius 2 is 1.88 bits per heavy atom. The summed E-state index contributed by atoms with van der Waals surface area (Å²) in [6.07, 6.45) is 1.70. The molecule has 26 heavy (non-hydrogen) atoms. The Morgan fingerprint density at radius 1 is 1.19 bits per heavy atom. The van der Waals surface area contributed by atoms with E-state index in [2.05, 4.69) is 4.99 Å². The van der Waals surface area contributed by atoms with Gasteiger partial charge >= 0.3 is 0 Å². The number of carbonyl (C=O) groups is 1. The van der Waals surface area contributed by atoms with Crippen LogP contribution in [0, 0.1) is 10.1 Å². The van der Waals surface area contributed by atoms with E-state index in [1.165, 1.54) is 12.1 Å². The van der Waals surface area contributed by atoms with Crippen LogP contribution in [0.3, 0.4) is 0 Å². The van der Waals surface area contributed by atoms with Gasteiger partial charge in [0.15, 0.2) is 0 Å². The normalized spacial score (nSPS) is 15.3. The van der Waals surface area contributed by atoms with E-state index in [1.807, 2.05) is 43.3 Å². The molecule has 2 aromatic carbocycles. The number of hydrogen-bond donors (Lipinski definition) is 0. The quantitative estimate of drug-likeness (QED) is 0.442.